The first-order valence-corrected chi connectivity index (χ1v) is 8.66. The molecule has 24 heavy (non-hydrogen) atoms. The average Bonchev–Trinajstić information content (AvgIpc) is 2.58. The van der Waals surface area contributed by atoms with Gasteiger partial charge in [-0.3, -0.25) is 4.98 Å². The minimum Gasteiger partial charge on any atom is -1.00 e. The first-order valence-electron chi connectivity index (χ1n) is 8.66. The molecule has 2 aromatic rings. The summed E-state index contributed by atoms with van der Waals surface area (Å²) in [6, 6.07) is 10.3. The maximum Gasteiger partial charge on any atom is 0.165 e. The Morgan fingerprint density at radius 1 is 1.17 bits per heavy atom. The van der Waals surface area contributed by atoms with Crippen LogP contribution < -0.4 is 17.3 Å². The molecule has 1 aromatic carbocycles. The highest BCUT2D eigenvalue weighted by atomic mass is 35.5. The van der Waals surface area contributed by atoms with Gasteiger partial charge in [0.2, 0.25) is 0 Å². The van der Waals surface area contributed by atoms with Gasteiger partial charge in [-0.15, -0.1) is 0 Å². The van der Waals surface area contributed by atoms with Gasteiger partial charge in [0, 0.05) is 16.6 Å². The molecule has 0 fully saturated rings. The molecule has 0 spiro atoms. The molecule has 1 N–H and O–H groups in total. The van der Waals surface area contributed by atoms with Crippen LogP contribution >= 0.6 is 0 Å². The fraction of sp³-hybridized carbons (Fsp3) is 0.474. The summed E-state index contributed by atoms with van der Waals surface area (Å²) in [5, 5.41) is 5.29. The van der Waals surface area contributed by atoms with Gasteiger partial charge in [-0.25, -0.2) is 0 Å². The maximum atomic E-state index is 5.45. The van der Waals surface area contributed by atoms with Crippen LogP contribution in [0.1, 0.15) is 38.4 Å². The molecule has 132 valence electrons. The van der Waals surface area contributed by atoms with Crippen molar-refractivity contribution in [2.45, 2.75) is 33.6 Å². The molecule has 0 bridgehead atoms. The number of nitrogens with zero attached hydrogens (tertiary/aromatic N) is 2. The minimum absolute atomic E-state index is 0. The smallest absolute Gasteiger partial charge is 0.165 e. The number of hydrogen-bond donors (Lipinski definition) is 1. The normalized spacial score (nSPS) is 11.2. The summed E-state index contributed by atoms with van der Waals surface area (Å²) >= 11 is 0. The van der Waals surface area contributed by atoms with Gasteiger partial charge in [0.05, 0.1) is 24.8 Å². The molecule has 0 saturated heterocycles. The molecule has 0 saturated carbocycles. The van der Waals surface area contributed by atoms with Crippen LogP contribution in [0, 0.1) is 0 Å². The number of benzene rings is 1. The van der Waals surface area contributed by atoms with Gasteiger partial charge in [-0.05, 0) is 32.4 Å². The third kappa shape index (κ3) is 5.77. The number of nitrogens with one attached hydrogen (secondary N) is 1. The summed E-state index contributed by atoms with van der Waals surface area (Å²) < 4.78 is 0. The molecule has 0 radical (unpaired) electrons. The highest BCUT2D eigenvalue weighted by molar-refractivity contribution is 5.98. The van der Waals surface area contributed by atoms with E-state index in [-0.39, 0.29) is 12.4 Å². The Kier molecular flexibility index (Phi) is 9.35. The summed E-state index contributed by atoms with van der Waals surface area (Å²) in [6.45, 7) is 10.4. The van der Waals surface area contributed by atoms with E-state index in [9.17, 15) is 0 Å². The number of aryl methyl sites for hydroxylation is 1. The SMILES string of the molecule is CCCc1cc(/C=N\OCC[NH+](CC)CC)c2ccccc2n1.[Cl-]. The van der Waals surface area contributed by atoms with Crippen molar-refractivity contribution in [2.24, 2.45) is 5.16 Å². The lowest BCUT2D eigenvalue weighted by molar-refractivity contribution is -0.896. The summed E-state index contributed by atoms with van der Waals surface area (Å²) in [6.07, 6.45) is 3.89. The number of pyridine rings is 1. The van der Waals surface area contributed by atoms with E-state index >= 15 is 0 Å². The first kappa shape index (κ1) is 20.4. The van der Waals surface area contributed by atoms with Gasteiger partial charge in [0.1, 0.15) is 6.54 Å². The van der Waals surface area contributed by atoms with Crippen LogP contribution in [0.15, 0.2) is 35.5 Å². The molecule has 4 nitrogen and oxygen atoms in total. The molecule has 1 heterocycles. The van der Waals surface area contributed by atoms with E-state index in [0.29, 0.717) is 6.61 Å². The molecule has 0 aliphatic heterocycles. The molecule has 2 rings (SSSR count). The number of hydrogen-bond acceptors (Lipinski definition) is 3. The van der Waals surface area contributed by atoms with Crippen molar-refractivity contribution in [3.05, 3.63) is 41.6 Å². The van der Waals surface area contributed by atoms with Crippen molar-refractivity contribution in [1.82, 2.24) is 4.98 Å². The van der Waals surface area contributed by atoms with Crippen molar-refractivity contribution in [3.8, 4) is 0 Å². The first-order chi connectivity index (χ1) is 11.3. The van der Waals surface area contributed by atoms with E-state index in [1.807, 2.05) is 18.3 Å². The van der Waals surface area contributed by atoms with Crippen molar-refractivity contribution in [3.63, 3.8) is 0 Å². The molecule has 0 aliphatic rings. The predicted molar refractivity (Wildman–Crippen MR) is 96.2 cm³/mol. The monoisotopic (exact) mass is 349 g/mol. The second-order valence-corrected chi connectivity index (χ2v) is 5.74. The number of halogens is 1. The van der Waals surface area contributed by atoms with E-state index < -0.39 is 0 Å². The van der Waals surface area contributed by atoms with Gasteiger partial charge < -0.3 is 22.1 Å². The van der Waals surface area contributed by atoms with E-state index in [4.69, 9.17) is 9.82 Å². The lowest BCUT2D eigenvalue weighted by Gasteiger charge is -2.13. The molecule has 5 heteroatoms. The lowest BCUT2D eigenvalue weighted by atomic mass is 10.1. The average molecular weight is 350 g/mol. The molecular weight excluding hydrogens is 322 g/mol. The summed E-state index contributed by atoms with van der Waals surface area (Å²) in [7, 11) is 0. The Labute approximate surface area is 151 Å². The number of rotatable bonds is 9. The van der Waals surface area contributed by atoms with Gasteiger partial charge >= 0.3 is 0 Å². The fourth-order valence-corrected chi connectivity index (χ4v) is 2.69. The molecule has 0 aliphatic carbocycles. The number of aromatic nitrogens is 1. The van der Waals surface area contributed by atoms with Crippen LogP contribution in [0.3, 0.4) is 0 Å². The zero-order chi connectivity index (χ0) is 16.5. The Bertz CT molecular complexity index is 642. The zero-order valence-corrected chi connectivity index (χ0v) is 15.6. The van der Waals surface area contributed by atoms with Gasteiger partial charge in [-0.1, -0.05) is 36.7 Å². The van der Waals surface area contributed by atoms with Crippen LogP contribution in [0.2, 0.25) is 0 Å². The number of para-hydroxylation sites is 1. The number of fused-ring (bicyclic) bond motifs is 1. The van der Waals surface area contributed by atoms with Gasteiger partial charge in [0.15, 0.2) is 6.61 Å². The Hall–Kier alpha value is -1.65. The molecule has 0 amide bonds. The predicted octanol–water partition coefficient (Wildman–Crippen LogP) is -0.533. The lowest BCUT2D eigenvalue weighted by Crippen LogP contribution is -3.11. The van der Waals surface area contributed by atoms with E-state index in [1.54, 1.807) is 0 Å². The minimum atomic E-state index is 0. The van der Waals surface area contributed by atoms with E-state index in [1.165, 1.54) is 4.90 Å². The van der Waals surface area contributed by atoms with E-state index in [0.717, 1.165) is 54.6 Å². The largest absolute Gasteiger partial charge is 1.00 e. The maximum absolute atomic E-state index is 5.45. The summed E-state index contributed by atoms with van der Waals surface area (Å²) in [5.74, 6) is 0. The van der Waals surface area contributed by atoms with Crippen LogP contribution in [0.4, 0.5) is 0 Å². The number of oxime groups is 1. The second kappa shape index (κ2) is 11.0. The Morgan fingerprint density at radius 2 is 1.92 bits per heavy atom. The molecule has 0 atom stereocenters. The third-order valence-electron chi connectivity index (χ3n) is 4.12. The van der Waals surface area contributed by atoms with Gasteiger partial charge in [-0.2, -0.15) is 0 Å². The highest BCUT2D eigenvalue weighted by Crippen LogP contribution is 2.17. The van der Waals surface area contributed by atoms with Crippen LogP contribution in [0.5, 0.6) is 0 Å². The van der Waals surface area contributed by atoms with Crippen LogP contribution in [-0.2, 0) is 11.3 Å². The van der Waals surface area contributed by atoms with Crippen molar-refractivity contribution in [2.75, 3.05) is 26.2 Å². The van der Waals surface area contributed by atoms with E-state index in [2.05, 4.69) is 44.1 Å². The fourth-order valence-electron chi connectivity index (χ4n) is 2.69. The number of likely N-dealkylation sites (N-methyl/N-ethyl adjacent to an activating group) is 1. The Morgan fingerprint density at radius 3 is 2.62 bits per heavy atom. The quantitative estimate of drug-likeness (QED) is 0.375. The standard InChI is InChI=1S/C19H27N3O.ClH/c1-4-9-17-14-16(18-10-7-8-11-19(18)21-17)15-20-23-13-12-22(5-2)6-3;/h7-8,10-11,14-15H,4-6,9,12-13H2,1-3H3;1H/b20-15-;. The third-order valence-corrected chi connectivity index (χ3v) is 4.12. The number of quaternary nitrogens is 1. The van der Waals surface area contributed by atoms with Crippen molar-refractivity contribution in [1.29, 1.82) is 0 Å². The van der Waals surface area contributed by atoms with Crippen LogP contribution in [0.25, 0.3) is 10.9 Å². The molecule has 0 unspecified atom stereocenters. The Balaban J connectivity index is 0.00000288. The summed E-state index contributed by atoms with van der Waals surface area (Å²) in [4.78, 5) is 11.7. The van der Waals surface area contributed by atoms with Crippen LogP contribution in [-0.4, -0.2) is 37.4 Å². The molecular formula is C19H28ClN3O. The highest BCUT2D eigenvalue weighted by Gasteiger charge is 2.04. The summed E-state index contributed by atoms with van der Waals surface area (Å²) in [5.41, 5.74) is 3.21. The topological polar surface area (TPSA) is 38.9 Å². The van der Waals surface area contributed by atoms with Gasteiger partial charge in [0.25, 0.3) is 0 Å². The zero-order valence-electron chi connectivity index (χ0n) is 14.9. The van der Waals surface area contributed by atoms with Crippen molar-refractivity contribution >= 4 is 17.1 Å². The molecule has 1 aromatic heterocycles. The van der Waals surface area contributed by atoms with Crippen molar-refractivity contribution < 1.29 is 22.1 Å². The second-order valence-electron chi connectivity index (χ2n) is 5.74.